The van der Waals surface area contributed by atoms with Gasteiger partial charge in [0, 0.05) is 32.8 Å². The lowest BCUT2D eigenvalue weighted by Gasteiger charge is -2.19. The molecule has 10 heteroatoms. The van der Waals surface area contributed by atoms with Crippen LogP contribution in [-0.4, -0.2) is 37.0 Å². The molecule has 2 aromatic rings. The number of carbonyl (C=O) groups is 1. The number of aryl methyl sites for hydroxylation is 2. The van der Waals surface area contributed by atoms with Gasteiger partial charge in [0.05, 0.1) is 5.69 Å². The van der Waals surface area contributed by atoms with Gasteiger partial charge in [0.15, 0.2) is 5.03 Å². The predicted octanol–water partition coefficient (Wildman–Crippen LogP) is 0.820. The Morgan fingerprint density at radius 3 is 2.89 bits per heavy atom. The van der Waals surface area contributed by atoms with Crippen molar-refractivity contribution in [2.75, 3.05) is 18.4 Å². The SMILES string of the molecule is Cc1nc(S(=O)(=O)NCCC(=O)Nc2ccc3c(c2F)CCNC3)cn1C. The van der Waals surface area contributed by atoms with Crippen LogP contribution in [0.4, 0.5) is 10.1 Å². The molecule has 27 heavy (non-hydrogen) atoms. The van der Waals surface area contributed by atoms with Crippen LogP contribution < -0.4 is 15.4 Å². The lowest BCUT2D eigenvalue weighted by Crippen LogP contribution is -2.28. The number of anilines is 1. The van der Waals surface area contributed by atoms with Gasteiger partial charge in [-0.2, -0.15) is 0 Å². The summed E-state index contributed by atoms with van der Waals surface area (Å²) >= 11 is 0. The van der Waals surface area contributed by atoms with Crippen LogP contribution in [0.15, 0.2) is 23.4 Å². The summed E-state index contributed by atoms with van der Waals surface area (Å²) in [5.41, 5.74) is 1.61. The Bertz CT molecular complexity index is 952. The molecule has 0 aliphatic carbocycles. The van der Waals surface area contributed by atoms with Gasteiger partial charge in [-0.3, -0.25) is 4.79 Å². The first-order valence-corrected chi connectivity index (χ1v) is 10.1. The minimum atomic E-state index is -3.79. The van der Waals surface area contributed by atoms with E-state index in [2.05, 4.69) is 20.3 Å². The number of sulfonamides is 1. The molecule has 0 atom stereocenters. The predicted molar refractivity (Wildman–Crippen MR) is 98.2 cm³/mol. The average molecular weight is 395 g/mol. The third-order valence-electron chi connectivity index (χ3n) is 4.49. The maximum atomic E-state index is 14.5. The third kappa shape index (κ3) is 4.34. The van der Waals surface area contributed by atoms with Gasteiger partial charge in [-0.15, -0.1) is 0 Å². The highest BCUT2D eigenvalue weighted by atomic mass is 32.2. The Morgan fingerprint density at radius 2 is 2.19 bits per heavy atom. The average Bonchev–Trinajstić information content (AvgIpc) is 2.97. The van der Waals surface area contributed by atoms with Gasteiger partial charge in [-0.25, -0.2) is 22.5 Å². The van der Waals surface area contributed by atoms with Crippen LogP contribution in [0.25, 0.3) is 0 Å². The molecule has 0 radical (unpaired) electrons. The van der Waals surface area contributed by atoms with E-state index in [1.165, 1.54) is 12.3 Å². The van der Waals surface area contributed by atoms with Crippen LogP contribution in [0.5, 0.6) is 0 Å². The molecule has 0 fully saturated rings. The number of amides is 1. The molecule has 3 rings (SSSR count). The minimum Gasteiger partial charge on any atom is -0.337 e. The maximum Gasteiger partial charge on any atom is 0.259 e. The summed E-state index contributed by atoms with van der Waals surface area (Å²) in [6, 6.07) is 3.31. The van der Waals surface area contributed by atoms with E-state index in [9.17, 15) is 17.6 Å². The smallest absolute Gasteiger partial charge is 0.259 e. The van der Waals surface area contributed by atoms with Gasteiger partial charge in [-0.05, 0) is 37.1 Å². The van der Waals surface area contributed by atoms with E-state index in [-0.39, 0.29) is 23.7 Å². The van der Waals surface area contributed by atoms with Crippen molar-refractivity contribution in [2.45, 2.75) is 31.3 Å². The van der Waals surface area contributed by atoms with Crippen LogP contribution in [0.3, 0.4) is 0 Å². The molecular weight excluding hydrogens is 373 g/mol. The molecular formula is C17H22FN5O3S. The maximum absolute atomic E-state index is 14.5. The standard InChI is InChI=1S/C17H22FN5O3S/c1-11-21-16(10-23(11)2)27(25,26)20-8-6-15(24)22-14-4-3-12-9-19-7-5-13(12)17(14)18/h3-4,10,19-20H,5-9H2,1-2H3,(H,22,24). The normalized spacial score (nSPS) is 14.0. The summed E-state index contributed by atoms with van der Waals surface area (Å²) in [5.74, 6) is -0.333. The van der Waals surface area contributed by atoms with E-state index in [1.807, 2.05) is 0 Å². The molecule has 0 unspecified atom stereocenters. The number of halogens is 1. The number of rotatable bonds is 6. The van der Waals surface area contributed by atoms with Gasteiger partial charge in [-0.1, -0.05) is 6.07 Å². The van der Waals surface area contributed by atoms with Gasteiger partial charge in [0.2, 0.25) is 5.91 Å². The Balaban J connectivity index is 1.57. The van der Waals surface area contributed by atoms with Crippen molar-refractivity contribution >= 4 is 21.6 Å². The summed E-state index contributed by atoms with van der Waals surface area (Å²) in [6.45, 7) is 2.88. The number of fused-ring (bicyclic) bond motifs is 1. The van der Waals surface area contributed by atoms with E-state index < -0.39 is 21.7 Å². The quantitative estimate of drug-likeness (QED) is 0.672. The van der Waals surface area contributed by atoms with E-state index in [4.69, 9.17) is 0 Å². The lowest BCUT2D eigenvalue weighted by atomic mass is 9.99. The van der Waals surface area contributed by atoms with Crippen molar-refractivity contribution in [3.8, 4) is 0 Å². The summed E-state index contributed by atoms with van der Waals surface area (Å²) in [6.07, 6.45) is 1.84. The Labute approximate surface area is 157 Å². The fourth-order valence-electron chi connectivity index (χ4n) is 2.87. The highest BCUT2D eigenvalue weighted by molar-refractivity contribution is 7.89. The molecule has 2 heterocycles. The topological polar surface area (TPSA) is 105 Å². The number of benzene rings is 1. The minimum absolute atomic E-state index is 0.0998. The largest absolute Gasteiger partial charge is 0.337 e. The lowest BCUT2D eigenvalue weighted by molar-refractivity contribution is -0.116. The second-order valence-electron chi connectivity index (χ2n) is 6.42. The van der Waals surface area contributed by atoms with E-state index >= 15 is 0 Å². The summed E-state index contributed by atoms with van der Waals surface area (Å²) in [7, 11) is -2.10. The molecule has 0 saturated heterocycles. The van der Waals surface area contributed by atoms with Crippen LogP contribution >= 0.6 is 0 Å². The summed E-state index contributed by atoms with van der Waals surface area (Å²) in [4.78, 5) is 16.0. The van der Waals surface area contributed by atoms with E-state index in [0.29, 0.717) is 30.9 Å². The number of nitrogens with one attached hydrogen (secondary N) is 3. The number of imidazole rings is 1. The fraction of sp³-hybridized carbons (Fsp3) is 0.412. The Morgan fingerprint density at radius 1 is 1.41 bits per heavy atom. The van der Waals surface area contributed by atoms with Gasteiger partial charge in [0.25, 0.3) is 10.0 Å². The third-order valence-corrected chi connectivity index (χ3v) is 5.82. The van der Waals surface area contributed by atoms with Crippen molar-refractivity contribution in [1.29, 1.82) is 0 Å². The van der Waals surface area contributed by atoms with Crippen molar-refractivity contribution in [2.24, 2.45) is 7.05 Å². The second-order valence-corrected chi connectivity index (χ2v) is 8.14. The number of carbonyl (C=O) groups excluding carboxylic acids is 1. The number of hydrogen-bond donors (Lipinski definition) is 3. The first-order valence-electron chi connectivity index (χ1n) is 8.58. The second kappa shape index (κ2) is 7.75. The van der Waals surface area contributed by atoms with E-state index in [0.717, 1.165) is 5.56 Å². The first-order chi connectivity index (χ1) is 12.8. The van der Waals surface area contributed by atoms with Crippen molar-refractivity contribution in [3.05, 3.63) is 41.1 Å². The Hall–Kier alpha value is -2.30. The van der Waals surface area contributed by atoms with Crippen molar-refractivity contribution in [3.63, 3.8) is 0 Å². The highest BCUT2D eigenvalue weighted by Gasteiger charge is 2.20. The fourth-order valence-corrected chi connectivity index (χ4v) is 3.94. The van der Waals surface area contributed by atoms with Crippen LogP contribution in [0.1, 0.15) is 23.4 Å². The molecule has 1 amide bonds. The zero-order valence-corrected chi connectivity index (χ0v) is 16.0. The molecule has 8 nitrogen and oxygen atoms in total. The highest BCUT2D eigenvalue weighted by Crippen LogP contribution is 2.24. The van der Waals surface area contributed by atoms with E-state index in [1.54, 1.807) is 24.6 Å². The number of nitrogens with zero attached hydrogens (tertiary/aromatic N) is 2. The summed E-state index contributed by atoms with van der Waals surface area (Å²) in [5, 5.41) is 5.57. The zero-order valence-electron chi connectivity index (χ0n) is 15.2. The molecule has 146 valence electrons. The van der Waals surface area contributed by atoms with Crippen LogP contribution in [0.2, 0.25) is 0 Å². The summed E-state index contributed by atoms with van der Waals surface area (Å²) < 4.78 is 42.8. The van der Waals surface area contributed by atoms with Gasteiger partial charge >= 0.3 is 0 Å². The number of hydrogen-bond acceptors (Lipinski definition) is 5. The zero-order chi connectivity index (χ0) is 19.6. The molecule has 1 aromatic carbocycles. The Kier molecular flexibility index (Phi) is 5.59. The van der Waals surface area contributed by atoms with Crippen molar-refractivity contribution < 1.29 is 17.6 Å². The molecule has 3 N–H and O–H groups in total. The molecule has 0 spiro atoms. The number of aromatic nitrogens is 2. The molecule has 1 aliphatic rings. The molecule has 1 aliphatic heterocycles. The van der Waals surface area contributed by atoms with Crippen LogP contribution in [0, 0.1) is 12.7 Å². The van der Waals surface area contributed by atoms with Crippen LogP contribution in [-0.2, 0) is 34.8 Å². The molecule has 0 bridgehead atoms. The molecule has 1 aromatic heterocycles. The van der Waals surface area contributed by atoms with Gasteiger partial charge in [0.1, 0.15) is 11.6 Å². The first kappa shape index (κ1) is 19.5. The van der Waals surface area contributed by atoms with Crippen molar-refractivity contribution in [1.82, 2.24) is 19.6 Å². The van der Waals surface area contributed by atoms with Gasteiger partial charge < -0.3 is 15.2 Å². The monoisotopic (exact) mass is 395 g/mol. The molecule has 0 saturated carbocycles.